The molecule has 2 N–H and O–H groups in total. The lowest BCUT2D eigenvalue weighted by atomic mass is 10.2. The second-order valence-electron chi connectivity index (χ2n) is 2.55. The van der Waals surface area contributed by atoms with Crippen molar-refractivity contribution in [2.75, 3.05) is 7.11 Å². The molecule has 2 amide bonds. The van der Waals surface area contributed by atoms with Crippen molar-refractivity contribution in [2.45, 2.75) is 0 Å². The zero-order valence-corrected chi connectivity index (χ0v) is 10.1. The Morgan fingerprint density at radius 3 is 2.53 bits per heavy atom. The lowest BCUT2D eigenvalue weighted by molar-refractivity contribution is 0.0919. The third-order valence-electron chi connectivity index (χ3n) is 1.58. The highest BCUT2D eigenvalue weighted by atomic mass is 127. The second kappa shape index (κ2) is 5.54. The number of hydrogen-bond acceptors (Lipinski definition) is 3. The maximum atomic E-state index is 11.5. The molecular formula is C9H9IN2O3. The van der Waals surface area contributed by atoms with Gasteiger partial charge in [-0.2, -0.15) is 0 Å². The first-order valence-corrected chi connectivity index (χ1v) is 5.12. The zero-order valence-electron chi connectivity index (χ0n) is 7.91. The number of halogens is 1. The number of nitrogens with one attached hydrogen (secondary N) is 2. The molecule has 0 aromatic heterocycles. The van der Waals surface area contributed by atoms with E-state index in [1.165, 1.54) is 7.11 Å². The van der Waals surface area contributed by atoms with Gasteiger partial charge in [-0.1, -0.05) is 12.1 Å². The number of benzene rings is 1. The number of carbonyl (C=O) groups is 2. The molecule has 0 fully saturated rings. The molecule has 6 heteroatoms. The Morgan fingerprint density at radius 2 is 1.93 bits per heavy atom. The van der Waals surface area contributed by atoms with Gasteiger partial charge in [-0.15, -0.1) is 0 Å². The lowest BCUT2D eigenvalue weighted by Gasteiger charge is -2.06. The number of ether oxygens (including phenoxy) is 1. The molecule has 1 aromatic carbocycles. The fourth-order valence-corrected chi connectivity index (χ4v) is 1.50. The third-order valence-corrected chi connectivity index (χ3v) is 2.52. The van der Waals surface area contributed by atoms with Crippen molar-refractivity contribution in [3.8, 4) is 0 Å². The molecule has 0 spiro atoms. The van der Waals surface area contributed by atoms with E-state index in [4.69, 9.17) is 0 Å². The summed E-state index contributed by atoms with van der Waals surface area (Å²) in [5.74, 6) is -0.384. The predicted octanol–water partition coefficient (Wildman–Crippen LogP) is 1.29. The van der Waals surface area contributed by atoms with Gasteiger partial charge in [-0.05, 0) is 34.7 Å². The first-order valence-electron chi connectivity index (χ1n) is 4.04. The van der Waals surface area contributed by atoms with Crippen LogP contribution < -0.4 is 10.9 Å². The van der Waals surface area contributed by atoms with Crippen molar-refractivity contribution in [3.05, 3.63) is 33.4 Å². The number of rotatable bonds is 1. The van der Waals surface area contributed by atoms with Crippen molar-refractivity contribution in [3.63, 3.8) is 0 Å². The molecule has 0 atom stereocenters. The lowest BCUT2D eigenvalue weighted by Crippen LogP contribution is -2.41. The standard InChI is InChI=1S/C9H9IN2O3/c1-15-9(14)12-11-8(13)6-4-2-3-5-7(6)10/h2-5H,1H3,(H,11,13)(H,12,14). The molecule has 0 bridgehead atoms. The molecule has 5 nitrogen and oxygen atoms in total. The molecule has 0 aliphatic carbocycles. The van der Waals surface area contributed by atoms with Gasteiger partial charge in [-0.3, -0.25) is 10.2 Å². The van der Waals surface area contributed by atoms with Gasteiger partial charge in [0.2, 0.25) is 0 Å². The van der Waals surface area contributed by atoms with E-state index in [1.807, 2.05) is 28.7 Å². The average molecular weight is 320 g/mol. The van der Waals surface area contributed by atoms with Gasteiger partial charge >= 0.3 is 6.09 Å². The van der Waals surface area contributed by atoms with E-state index in [-0.39, 0.29) is 5.91 Å². The van der Waals surface area contributed by atoms with Gasteiger partial charge in [0, 0.05) is 3.57 Å². The van der Waals surface area contributed by atoms with Crippen LogP contribution in [0.5, 0.6) is 0 Å². The highest BCUT2D eigenvalue weighted by Crippen LogP contribution is 2.10. The fraction of sp³-hybridized carbons (Fsp3) is 0.111. The maximum absolute atomic E-state index is 11.5. The highest BCUT2D eigenvalue weighted by molar-refractivity contribution is 14.1. The summed E-state index contributed by atoms with van der Waals surface area (Å²) in [4.78, 5) is 22.2. The molecular weight excluding hydrogens is 311 g/mol. The van der Waals surface area contributed by atoms with Crippen LogP contribution in [0.25, 0.3) is 0 Å². The molecule has 15 heavy (non-hydrogen) atoms. The normalized spacial score (nSPS) is 9.20. The van der Waals surface area contributed by atoms with Crippen LogP contribution in [0.4, 0.5) is 4.79 Å². The van der Waals surface area contributed by atoms with Crippen molar-refractivity contribution >= 4 is 34.6 Å². The van der Waals surface area contributed by atoms with Gasteiger partial charge in [0.05, 0.1) is 12.7 Å². The van der Waals surface area contributed by atoms with Crippen LogP contribution in [0.3, 0.4) is 0 Å². The molecule has 0 unspecified atom stereocenters. The predicted molar refractivity (Wildman–Crippen MR) is 62.2 cm³/mol. The van der Waals surface area contributed by atoms with E-state index in [9.17, 15) is 9.59 Å². The van der Waals surface area contributed by atoms with Crippen LogP contribution in [0.2, 0.25) is 0 Å². The van der Waals surface area contributed by atoms with Crippen LogP contribution in [-0.4, -0.2) is 19.1 Å². The smallest absolute Gasteiger partial charge is 0.425 e. The van der Waals surface area contributed by atoms with Crippen LogP contribution in [-0.2, 0) is 4.74 Å². The van der Waals surface area contributed by atoms with Crippen LogP contribution in [0.15, 0.2) is 24.3 Å². The molecule has 1 aromatic rings. The number of amides is 2. The molecule has 0 heterocycles. The number of carbonyl (C=O) groups excluding carboxylic acids is 2. The quantitative estimate of drug-likeness (QED) is 0.605. The summed E-state index contributed by atoms with van der Waals surface area (Å²) in [7, 11) is 1.22. The van der Waals surface area contributed by atoms with E-state index >= 15 is 0 Å². The third kappa shape index (κ3) is 3.39. The Balaban J connectivity index is 2.62. The number of hydrazine groups is 1. The van der Waals surface area contributed by atoms with Crippen LogP contribution in [0.1, 0.15) is 10.4 Å². The Hall–Kier alpha value is -1.31. The topological polar surface area (TPSA) is 67.4 Å². The van der Waals surface area contributed by atoms with Crippen molar-refractivity contribution in [1.82, 2.24) is 10.9 Å². The minimum Gasteiger partial charge on any atom is -0.452 e. The summed E-state index contributed by atoms with van der Waals surface area (Å²) in [6.07, 6.45) is -0.714. The van der Waals surface area contributed by atoms with Gasteiger partial charge < -0.3 is 4.74 Å². The van der Waals surface area contributed by atoms with E-state index < -0.39 is 6.09 Å². The largest absolute Gasteiger partial charge is 0.452 e. The molecule has 0 radical (unpaired) electrons. The summed E-state index contributed by atoms with van der Waals surface area (Å²) >= 11 is 2.04. The number of methoxy groups -OCH3 is 1. The van der Waals surface area contributed by atoms with Gasteiger partial charge in [-0.25, -0.2) is 10.2 Å². The van der Waals surface area contributed by atoms with E-state index in [0.29, 0.717) is 5.56 Å². The van der Waals surface area contributed by atoms with Crippen LogP contribution >= 0.6 is 22.6 Å². The molecule has 0 saturated heterocycles. The zero-order chi connectivity index (χ0) is 11.3. The fourth-order valence-electron chi connectivity index (χ4n) is 0.872. The highest BCUT2D eigenvalue weighted by Gasteiger charge is 2.09. The minimum atomic E-state index is -0.714. The Kier molecular flexibility index (Phi) is 4.35. The molecule has 0 aliphatic heterocycles. The molecule has 80 valence electrons. The monoisotopic (exact) mass is 320 g/mol. The average Bonchev–Trinajstić information content (AvgIpc) is 2.26. The molecule has 1 rings (SSSR count). The molecule has 0 saturated carbocycles. The van der Waals surface area contributed by atoms with E-state index in [1.54, 1.807) is 18.2 Å². The summed E-state index contributed by atoms with van der Waals surface area (Å²) in [5.41, 5.74) is 4.81. The Labute approximate surface area is 100 Å². The summed E-state index contributed by atoms with van der Waals surface area (Å²) in [6, 6.07) is 7.03. The number of hydrogen-bond donors (Lipinski definition) is 2. The minimum absolute atomic E-state index is 0.384. The first kappa shape index (κ1) is 11.8. The second-order valence-corrected chi connectivity index (χ2v) is 3.71. The van der Waals surface area contributed by atoms with E-state index in [0.717, 1.165) is 3.57 Å². The van der Waals surface area contributed by atoms with Gasteiger partial charge in [0.15, 0.2) is 0 Å². The van der Waals surface area contributed by atoms with E-state index in [2.05, 4.69) is 15.6 Å². The molecule has 0 aliphatic rings. The van der Waals surface area contributed by atoms with Crippen molar-refractivity contribution < 1.29 is 14.3 Å². The summed E-state index contributed by atoms with van der Waals surface area (Å²) in [6.45, 7) is 0. The maximum Gasteiger partial charge on any atom is 0.425 e. The van der Waals surface area contributed by atoms with Crippen molar-refractivity contribution in [1.29, 1.82) is 0 Å². The van der Waals surface area contributed by atoms with Crippen molar-refractivity contribution in [2.24, 2.45) is 0 Å². The summed E-state index contributed by atoms with van der Waals surface area (Å²) < 4.78 is 5.10. The summed E-state index contributed by atoms with van der Waals surface area (Å²) in [5, 5.41) is 0. The SMILES string of the molecule is COC(=O)NNC(=O)c1ccccc1I. The van der Waals surface area contributed by atoms with Crippen LogP contribution in [0, 0.1) is 3.57 Å². The Morgan fingerprint density at radius 1 is 1.27 bits per heavy atom. The Bertz CT molecular complexity index is 381. The van der Waals surface area contributed by atoms with Gasteiger partial charge in [0.25, 0.3) is 5.91 Å². The first-order chi connectivity index (χ1) is 7.15. The van der Waals surface area contributed by atoms with Gasteiger partial charge in [0.1, 0.15) is 0 Å².